The fourth-order valence-electron chi connectivity index (χ4n) is 3.15. The van der Waals surface area contributed by atoms with Gasteiger partial charge in [0.2, 0.25) is 0 Å². The second-order valence-electron chi connectivity index (χ2n) is 7.14. The van der Waals surface area contributed by atoms with Gasteiger partial charge in [0.15, 0.2) is 0 Å². The molecule has 1 aliphatic carbocycles. The second kappa shape index (κ2) is 6.82. The molecule has 0 aliphatic heterocycles. The number of carbonyl (C=O) groups excluding carboxylic acids is 1. The second-order valence-corrected chi connectivity index (χ2v) is 8.11. The van der Waals surface area contributed by atoms with Crippen LogP contribution in [-0.2, 0) is 12.8 Å². The van der Waals surface area contributed by atoms with Crippen molar-refractivity contribution in [1.82, 2.24) is 4.90 Å². The molecular formula is C19H27NOS. The molecule has 1 atom stereocenters. The molecule has 22 heavy (non-hydrogen) atoms. The first kappa shape index (κ1) is 17.0. The van der Waals surface area contributed by atoms with Gasteiger partial charge in [-0.25, -0.2) is 0 Å². The summed E-state index contributed by atoms with van der Waals surface area (Å²) in [7, 11) is 0. The molecule has 0 fully saturated rings. The third-order valence-corrected chi connectivity index (χ3v) is 5.65. The van der Waals surface area contributed by atoms with Crippen molar-refractivity contribution in [3.8, 4) is 0 Å². The van der Waals surface area contributed by atoms with Crippen LogP contribution in [0.1, 0.15) is 48.0 Å². The third-order valence-electron chi connectivity index (χ3n) is 4.60. The van der Waals surface area contributed by atoms with Crippen LogP contribution in [0.25, 0.3) is 0 Å². The molecule has 1 heterocycles. The quantitative estimate of drug-likeness (QED) is 0.720. The van der Waals surface area contributed by atoms with Gasteiger partial charge in [0, 0.05) is 23.3 Å². The van der Waals surface area contributed by atoms with Crippen molar-refractivity contribution in [2.45, 2.75) is 40.0 Å². The lowest BCUT2D eigenvalue weighted by molar-refractivity contribution is 0.0789. The first-order valence-corrected chi connectivity index (χ1v) is 8.86. The number of nitrogens with zero attached hydrogens (tertiary/aromatic N) is 1. The number of carbonyl (C=O) groups is 1. The van der Waals surface area contributed by atoms with Crippen LogP contribution in [0.4, 0.5) is 0 Å². The number of hydrogen-bond acceptors (Lipinski definition) is 2. The van der Waals surface area contributed by atoms with Crippen molar-refractivity contribution in [1.29, 1.82) is 0 Å². The van der Waals surface area contributed by atoms with E-state index in [4.69, 9.17) is 0 Å². The minimum Gasteiger partial charge on any atom is -0.331 e. The Labute approximate surface area is 138 Å². The van der Waals surface area contributed by atoms with E-state index < -0.39 is 0 Å². The Morgan fingerprint density at radius 1 is 1.36 bits per heavy atom. The summed E-state index contributed by atoms with van der Waals surface area (Å²) in [6.45, 7) is 15.6. The smallest absolute Gasteiger partial charge is 0.255 e. The largest absolute Gasteiger partial charge is 0.331 e. The summed E-state index contributed by atoms with van der Waals surface area (Å²) >= 11 is 1.75. The third kappa shape index (κ3) is 3.52. The molecule has 2 rings (SSSR count). The standard InChI is InChI=1S/C19H27NOS/c1-6-10-20(11-7-2)18(21)16-13-22-17-12-14(19(3,4)5)8-9-15(16)17/h6-7,13-14H,1-2,8-12H2,3-5H3. The monoisotopic (exact) mass is 317 g/mol. The minimum absolute atomic E-state index is 0.117. The van der Waals surface area contributed by atoms with Crippen molar-refractivity contribution in [3.05, 3.63) is 46.7 Å². The summed E-state index contributed by atoms with van der Waals surface area (Å²) in [4.78, 5) is 16.0. The molecule has 0 saturated heterocycles. The molecule has 1 aromatic heterocycles. The molecule has 0 saturated carbocycles. The summed E-state index contributed by atoms with van der Waals surface area (Å²) < 4.78 is 0. The summed E-state index contributed by atoms with van der Waals surface area (Å²) in [5.74, 6) is 0.825. The van der Waals surface area contributed by atoms with Crippen LogP contribution in [0.5, 0.6) is 0 Å². The number of amides is 1. The lowest BCUT2D eigenvalue weighted by Gasteiger charge is -2.34. The summed E-state index contributed by atoms with van der Waals surface area (Å²) in [5, 5.41) is 2.05. The predicted molar refractivity (Wildman–Crippen MR) is 95.6 cm³/mol. The van der Waals surface area contributed by atoms with E-state index in [0.29, 0.717) is 24.4 Å². The van der Waals surface area contributed by atoms with Crippen LogP contribution in [0.15, 0.2) is 30.7 Å². The zero-order chi connectivity index (χ0) is 16.3. The summed E-state index contributed by atoms with van der Waals surface area (Å²) in [6, 6.07) is 0. The van der Waals surface area contributed by atoms with Gasteiger partial charge in [-0.1, -0.05) is 32.9 Å². The lowest BCUT2D eigenvalue weighted by atomic mass is 9.72. The zero-order valence-corrected chi connectivity index (χ0v) is 14.8. The maximum atomic E-state index is 12.8. The highest BCUT2D eigenvalue weighted by molar-refractivity contribution is 7.10. The average Bonchev–Trinajstić information content (AvgIpc) is 2.88. The molecule has 2 nitrogen and oxygen atoms in total. The molecule has 0 N–H and O–H groups in total. The first-order chi connectivity index (χ1) is 10.4. The summed E-state index contributed by atoms with van der Waals surface area (Å²) in [5.41, 5.74) is 2.52. The predicted octanol–water partition coefficient (Wildman–Crippen LogP) is 4.71. The zero-order valence-electron chi connectivity index (χ0n) is 14.0. The van der Waals surface area contributed by atoms with Gasteiger partial charge in [0.1, 0.15) is 0 Å². The molecule has 3 heteroatoms. The first-order valence-electron chi connectivity index (χ1n) is 7.98. The van der Waals surface area contributed by atoms with Crippen molar-refractivity contribution in [2.75, 3.05) is 13.1 Å². The van der Waals surface area contributed by atoms with Gasteiger partial charge in [-0.2, -0.15) is 0 Å². The fourth-order valence-corrected chi connectivity index (χ4v) is 4.31. The van der Waals surface area contributed by atoms with Gasteiger partial charge in [-0.3, -0.25) is 4.79 Å². The molecule has 0 spiro atoms. The Kier molecular flexibility index (Phi) is 5.28. The van der Waals surface area contributed by atoms with Crippen molar-refractivity contribution >= 4 is 17.2 Å². The molecule has 1 aromatic rings. The van der Waals surface area contributed by atoms with Gasteiger partial charge >= 0.3 is 0 Å². The van der Waals surface area contributed by atoms with Crippen molar-refractivity contribution in [3.63, 3.8) is 0 Å². The molecule has 1 unspecified atom stereocenters. The Morgan fingerprint density at radius 3 is 2.55 bits per heavy atom. The number of hydrogen-bond donors (Lipinski definition) is 0. The molecule has 120 valence electrons. The van der Waals surface area contributed by atoms with Gasteiger partial charge in [0.25, 0.3) is 5.91 Å². The van der Waals surface area contributed by atoms with Crippen LogP contribution in [0.2, 0.25) is 0 Å². The highest BCUT2D eigenvalue weighted by atomic mass is 32.1. The van der Waals surface area contributed by atoms with Crippen LogP contribution in [0, 0.1) is 11.3 Å². The van der Waals surface area contributed by atoms with E-state index in [1.807, 2.05) is 0 Å². The van der Waals surface area contributed by atoms with E-state index in [2.05, 4.69) is 39.3 Å². The Morgan fingerprint density at radius 2 is 2.00 bits per heavy atom. The normalized spacial score (nSPS) is 17.7. The van der Waals surface area contributed by atoms with E-state index >= 15 is 0 Å². The molecule has 1 aliphatic rings. The van der Waals surface area contributed by atoms with Gasteiger partial charge < -0.3 is 4.90 Å². The topological polar surface area (TPSA) is 20.3 Å². The number of thiophene rings is 1. The van der Waals surface area contributed by atoms with Crippen LogP contribution < -0.4 is 0 Å². The molecular weight excluding hydrogens is 290 g/mol. The highest BCUT2D eigenvalue weighted by Crippen LogP contribution is 2.40. The van der Waals surface area contributed by atoms with E-state index in [-0.39, 0.29) is 5.91 Å². The Bertz CT molecular complexity index is 554. The Hall–Kier alpha value is -1.35. The van der Waals surface area contributed by atoms with Gasteiger partial charge in [-0.15, -0.1) is 24.5 Å². The lowest BCUT2D eigenvalue weighted by Crippen LogP contribution is -2.32. The van der Waals surface area contributed by atoms with Crippen LogP contribution >= 0.6 is 11.3 Å². The SMILES string of the molecule is C=CCN(CC=C)C(=O)c1csc2c1CCC(C(C)(C)C)C2. The molecule has 0 bridgehead atoms. The fraction of sp³-hybridized carbons (Fsp3) is 0.526. The van der Waals surface area contributed by atoms with E-state index in [1.165, 1.54) is 16.9 Å². The van der Waals surface area contributed by atoms with E-state index in [0.717, 1.165) is 18.4 Å². The molecule has 0 aromatic carbocycles. The maximum absolute atomic E-state index is 12.8. The highest BCUT2D eigenvalue weighted by Gasteiger charge is 2.32. The van der Waals surface area contributed by atoms with E-state index in [1.54, 1.807) is 28.4 Å². The van der Waals surface area contributed by atoms with Crippen molar-refractivity contribution < 1.29 is 4.79 Å². The Balaban J connectivity index is 2.22. The minimum atomic E-state index is 0.117. The molecule has 0 radical (unpaired) electrons. The van der Waals surface area contributed by atoms with Crippen LogP contribution in [-0.4, -0.2) is 23.9 Å². The maximum Gasteiger partial charge on any atom is 0.255 e. The number of rotatable bonds is 5. The van der Waals surface area contributed by atoms with Crippen LogP contribution in [0.3, 0.4) is 0 Å². The van der Waals surface area contributed by atoms with E-state index in [9.17, 15) is 4.79 Å². The average molecular weight is 317 g/mol. The van der Waals surface area contributed by atoms with Gasteiger partial charge in [0.05, 0.1) is 5.56 Å². The molecule has 1 amide bonds. The summed E-state index contributed by atoms with van der Waals surface area (Å²) in [6.07, 6.45) is 6.86. The van der Waals surface area contributed by atoms with Crippen molar-refractivity contribution in [2.24, 2.45) is 11.3 Å². The van der Waals surface area contributed by atoms with Gasteiger partial charge in [-0.05, 0) is 36.2 Å². The number of fused-ring (bicyclic) bond motifs is 1.